The molecule has 2 aromatic rings. The molecule has 1 atom stereocenters. The number of fused-ring (bicyclic) bond motifs is 1. The van der Waals surface area contributed by atoms with Gasteiger partial charge in [0.25, 0.3) is 5.91 Å². The van der Waals surface area contributed by atoms with Crippen LogP contribution >= 0.6 is 11.6 Å². The first-order chi connectivity index (χ1) is 20.1. The van der Waals surface area contributed by atoms with Gasteiger partial charge in [0.2, 0.25) is 0 Å². The summed E-state index contributed by atoms with van der Waals surface area (Å²) in [4.78, 5) is 27.0. The highest BCUT2D eigenvalue weighted by molar-refractivity contribution is 6.31. The van der Waals surface area contributed by atoms with Gasteiger partial charge in [0.15, 0.2) is 0 Å². The Balaban J connectivity index is 1.44. The smallest absolute Gasteiger partial charge is 0.303 e. The van der Waals surface area contributed by atoms with Crippen molar-refractivity contribution in [2.75, 3.05) is 18.5 Å². The van der Waals surface area contributed by atoms with Gasteiger partial charge >= 0.3 is 5.97 Å². The number of carbonyl (C=O) groups excluding carboxylic acids is 1. The van der Waals surface area contributed by atoms with Crippen LogP contribution in [0.2, 0.25) is 5.02 Å². The van der Waals surface area contributed by atoms with Crippen molar-refractivity contribution < 1.29 is 24.2 Å². The molecule has 1 aliphatic carbocycles. The van der Waals surface area contributed by atoms with Gasteiger partial charge in [-0.2, -0.15) is 5.26 Å². The number of amides is 1. The molecule has 1 saturated carbocycles. The molecule has 232 valence electrons. The third kappa shape index (κ3) is 6.78. The zero-order valence-corrected chi connectivity index (χ0v) is 27.0. The van der Waals surface area contributed by atoms with Crippen LogP contribution in [0.5, 0.6) is 5.75 Å². The summed E-state index contributed by atoms with van der Waals surface area (Å²) in [5, 5.41) is 22.2. The zero-order chi connectivity index (χ0) is 31.7. The van der Waals surface area contributed by atoms with Crippen molar-refractivity contribution in [1.29, 1.82) is 5.26 Å². The van der Waals surface area contributed by atoms with Gasteiger partial charge in [0, 0.05) is 46.8 Å². The summed E-state index contributed by atoms with van der Waals surface area (Å²) in [5.74, 6) is -0.207. The minimum atomic E-state index is -0.832. The molecule has 1 amide bonds. The second-order valence-electron chi connectivity index (χ2n) is 14.0. The number of hydrogen-bond donors (Lipinski definition) is 2. The Labute approximate surface area is 260 Å². The number of nitrogens with zero attached hydrogens (tertiary/aromatic N) is 2. The highest BCUT2D eigenvalue weighted by atomic mass is 35.5. The van der Waals surface area contributed by atoms with Crippen LogP contribution in [0.1, 0.15) is 89.2 Å². The third-order valence-corrected chi connectivity index (χ3v) is 9.09. The predicted molar refractivity (Wildman–Crippen MR) is 167 cm³/mol. The number of hydrogen-bond acceptors (Lipinski definition) is 6. The van der Waals surface area contributed by atoms with Crippen LogP contribution in [0.15, 0.2) is 36.4 Å². The SMILES string of the molecule is CCCC(COCC(C)(C)CC(=O)O)Nc1ccc2c(c1)C(=O)N(C1C(C)(C)C(Oc3ccc(C#N)c(Cl)c3)C1(C)C)C2. The molecule has 2 aromatic carbocycles. The summed E-state index contributed by atoms with van der Waals surface area (Å²) in [5.41, 5.74) is 1.87. The van der Waals surface area contributed by atoms with Crippen LogP contribution in [0.4, 0.5) is 5.69 Å². The third-order valence-electron chi connectivity index (χ3n) is 8.78. The van der Waals surface area contributed by atoms with E-state index < -0.39 is 11.4 Å². The number of nitrogens with one attached hydrogen (secondary N) is 1. The van der Waals surface area contributed by atoms with E-state index in [-0.39, 0.29) is 41.3 Å². The largest absolute Gasteiger partial charge is 0.489 e. The van der Waals surface area contributed by atoms with E-state index in [0.29, 0.717) is 41.7 Å². The average Bonchev–Trinajstić information content (AvgIpc) is 3.20. The van der Waals surface area contributed by atoms with E-state index in [0.717, 1.165) is 24.1 Å². The van der Waals surface area contributed by atoms with Crippen molar-refractivity contribution >= 4 is 29.2 Å². The van der Waals surface area contributed by atoms with E-state index in [1.54, 1.807) is 18.2 Å². The van der Waals surface area contributed by atoms with E-state index in [9.17, 15) is 14.9 Å². The van der Waals surface area contributed by atoms with Crippen LogP contribution in [-0.2, 0) is 16.1 Å². The molecule has 1 fully saturated rings. The summed E-state index contributed by atoms with van der Waals surface area (Å²) < 4.78 is 12.4. The number of halogens is 1. The number of anilines is 1. The van der Waals surface area contributed by atoms with Crippen molar-refractivity contribution in [2.45, 2.75) is 92.5 Å². The molecule has 1 heterocycles. The molecule has 9 heteroatoms. The maximum absolute atomic E-state index is 13.9. The number of ether oxygens (including phenoxy) is 2. The molecular formula is C34H44ClN3O5. The normalized spacial score (nSPS) is 21.0. The quantitative estimate of drug-likeness (QED) is 0.248. The van der Waals surface area contributed by atoms with Crippen LogP contribution < -0.4 is 10.1 Å². The number of aliphatic carboxylic acids is 1. The molecule has 0 saturated heterocycles. The van der Waals surface area contributed by atoms with Gasteiger partial charge in [-0.25, -0.2) is 0 Å². The fourth-order valence-electron chi connectivity index (χ4n) is 7.35. The topological polar surface area (TPSA) is 112 Å². The minimum Gasteiger partial charge on any atom is -0.489 e. The van der Waals surface area contributed by atoms with Crippen molar-refractivity contribution in [3.8, 4) is 11.8 Å². The van der Waals surface area contributed by atoms with Crippen LogP contribution in [0, 0.1) is 27.6 Å². The number of benzene rings is 2. The van der Waals surface area contributed by atoms with E-state index in [4.69, 9.17) is 26.2 Å². The molecule has 0 aromatic heterocycles. The Kier molecular flexibility index (Phi) is 9.39. The van der Waals surface area contributed by atoms with Crippen molar-refractivity contribution in [2.24, 2.45) is 16.2 Å². The number of carboxylic acids is 1. The number of carboxylic acid groups (broad SMARTS) is 1. The molecule has 0 radical (unpaired) electrons. The van der Waals surface area contributed by atoms with Crippen LogP contribution in [0.25, 0.3) is 0 Å². The summed E-state index contributed by atoms with van der Waals surface area (Å²) in [6, 6.07) is 13.2. The zero-order valence-electron chi connectivity index (χ0n) is 26.3. The highest BCUT2D eigenvalue weighted by Gasteiger charge is 2.67. The summed E-state index contributed by atoms with van der Waals surface area (Å²) in [6.07, 6.45) is 1.72. The van der Waals surface area contributed by atoms with Crippen LogP contribution in [-0.4, -0.2) is 53.3 Å². The van der Waals surface area contributed by atoms with Crippen LogP contribution in [0.3, 0.4) is 0 Å². The lowest BCUT2D eigenvalue weighted by Crippen LogP contribution is -2.74. The van der Waals surface area contributed by atoms with E-state index in [1.165, 1.54) is 0 Å². The fraction of sp³-hybridized carbons (Fsp3) is 0.559. The Hall–Kier alpha value is -3.28. The fourth-order valence-corrected chi connectivity index (χ4v) is 7.56. The van der Waals surface area contributed by atoms with E-state index in [2.05, 4.69) is 46.0 Å². The van der Waals surface area contributed by atoms with Gasteiger partial charge in [-0.1, -0.05) is 72.6 Å². The highest BCUT2D eigenvalue weighted by Crippen LogP contribution is 2.59. The molecule has 0 bridgehead atoms. The first-order valence-electron chi connectivity index (χ1n) is 15.0. The Bertz CT molecular complexity index is 1400. The van der Waals surface area contributed by atoms with Crippen molar-refractivity contribution in [3.63, 3.8) is 0 Å². The van der Waals surface area contributed by atoms with Gasteiger partial charge in [-0.05, 0) is 41.7 Å². The second-order valence-corrected chi connectivity index (χ2v) is 14.4. The number of carbonyl (C=O) groups is 2. The molecule has 4 rings (SSSR count). The van der Waals surface area contributed by atoms with Gasteiger partial charge in [-0.3, -0.25) is 9.59 Å². The molecule has 2 N–H and O–H groups in total. The molecule has 1 aliphatic heterocycles. The summed E-state index contributed by atoms with van der Waals surface area (Å²) in [6.45, 7) is 15.8. The lowest BCUT2D eigenvalue weighted by molar-refractivity contribution is -0.199. The first kappa shape index (κ1) is 32.6. The monoisotopic (exact) mass is 609 g/mol. The standard InChI is InChI=1S/C34H44ClN3O5/c1-8-9-24(19-42-20-32(2,3)16-28(39)40)37-23-12-10-22-18-38(29(41)26(22)14-23)30-33(4,5)31(34(30,6)7)43-25-13-11-21(17-36)27(35)15-25/h10-15,24,30-31,37H,8-9,16,18-20H2,1-7H3,(H,39,40). The lowest BCUT2D eigenvalue weighted by Gasteiger charge is -2.65. The van der Waals surface area contributed by atoms with Crippen molar-refractivity contribution in [3.05, 3.63) is 58.1 Å². The molecular weight excluding hydrogens is 566 g/mol. The minimum absolute atomic E-state index is 0.0170. The molecule has 1 unspecified atom stereocenters. The predicted octanol–water partition coefficient (Wildman–Crippen LogP) is 7.15. The maximum atomic E-state index is 13.9. The molecule has 8 nitrogen and oxygen atoms in total. The van der Waals surface area contributed by atoms with Crippen molar-refractivity contribution in [1.82, 2.24) is 4.90 Å². The van der Waals surface area contributed by atoms with Gasteiger partial charge in [-0.15, -0.1) is 0 Å². The molecule has 2 aliphatic rings. The second kappa shape index (κ2) is 12.4. The first-order valence-corrected chi connectivity index (χ1v) is 15.3. The number of nitriles is 1. The summed E-state index contributed by atoms with van der Waals surface area (Å²) in [7, 11) is 0. The Morgan fingerprint density at radius 1 is 1.21 bits per heavy atom. The molecule has 0 spiro atoms. The summed E-state index contributed by atoms with van der Waals surface area (Å²) >= 11 is 6.25. The number of rotatable bonds is 13. The van der Waals surface area contributed by atoms with Gasteiger partial charge in [0.1, 0.15) is 17.9 Å². The Morgan fingerprint density at radius 3 is 2.51 bits per heavy atom. The van der Waals surface area contributed by atoms with E-state index >= 15 is 0 Å². The van der Waals surface area contributed by atoms with Gasteiger partial charge < -0.3 is 24.8 Å². The Morgan fingerprint density at radius 2 is 1.91 bits per heavy atom. The average molecular weight is 610 g/mol. The van der Waals surface area contributed by atoms with E-state index in [1.807, 2.05) is 36.9 Å². The lowest BCUT2D eigenvalue weighted by atomic mass is 9.49. The maximum Gasteiger partial charge on any atom is 0.303 e. The molecule has 43 heavy (non-hydrogen) atoms. The van der Waals surface area contributed by atoms with Gasteiger partial charge in [0.05, 0.1) is 30.2 Å².